The fourth-order valence-corrected chi connectivity index (χ4v) is 3.66. The van der Waals surface area contributed by atoms with E-state index in [2.05, 4.69) is 20.4 Å². The third-order valence-electron chi connectivity index (χ3n) is 5.19. The Kier molecular flexibility index (Phi) is 4.92. The van der Waals surface area contributed by atoms with Crippen LogP contribution in [0.1, 0.15) is 62.6 Å². The summed E-state index contributed by atoms with van der Waals surface area (Å²) >= 11 is 0. The lowest BCUT2D eigenvalue weighted by molar-refractivity contribution is 0.0134. The van der Waals surface area contributed by atoms with Crippen LogP contribution in [0.5, 0.6) is 0 Å². The number of likely N-dealkylation sites (tertiary alicyclic amines) is 1. The first-order valence-electron chi connectivity index (χ1n) is 9.26. The summed E-state index contributed by atoms with van der Waals surface area (Å²) in [5, 5.41) is 7.86. The number of aromatic nitrogens is 2. The van der Waals surface area contributed by atoms with Gasteiger partial charge in [-0.05, 0) is 51.5 Å². The summed E-state index contributed by atoms with van der Waals surface area (Å²) in [6, 6.07) is 0.559. The summed E-state index contributed by atoms with van der Waals surface area (Å²) in [6.07, 6.45) is 9.06. The molecule has 1 aliphatic carbocycles. The van der Waals surface area contributed by atoms with E-state index in [4.69, 9.17) is 9.26 Å². The first-order valence-corrected chi connectivity index (χ1v) is 9.26. The van der Waals surface area contributed by atoms with Gasteiger partial charge < -0.3 is 14.6 Å². The van der Waals surface area contributed by atoms with Crippen molar-refractivity contribution < 1.29 is 9.26 Å². The molecule has 2 atom stereocenters. The Balaban J connectivity index is 1.23. The molecule has 3 aliphatic rings. The second-order valence-corrected chi connectivity index (χ2v) is 7.29. The van der Waals surface area contributed by atoms with Crippen molar-refractivity contribution in [2.75, 3.05) is 26.2 Å². The van der Waals surface area contributed by atoms with Crippen LogP contribution in [0, 0.1) is 0 Å². The Bertz CT molecular complexity index is 497. The fraction of sp³-hybridized carbons (Fsp3) is 0.882. The molecule has 3 heterocycles. The first-order chi connectivity index (χ1) is 11.4. The van der Waals surface area contributed by atoms with Crippen molar-refractivity contribution in [1.29, 1.82) is 0 Å². The fourth-order valence-electron chi connectivity index (χ4n) is 3.66. The second kappa shape index (κ2) is 7.28. The number of rotatable bonds is 6. The lowest BCUT2D eigenvalue weighted by Crippen LogP contribution is -2.47. The quantitative estimate of drug-likeness (QED) is 0.866. The Morgan fingerprint density at radius 2 is 2.09 bits per heavy atom. The normalized spacial score (nSPS) is 29.7. The van der Waals surface area contributed by atoms with Gasteiger partial charge in [-0.1, -0.05) is 5.16 Å². The molecular formula is C17H28N4O2. The molecule has 128 valence electrons. The Morgan fingerprint density at radius 1 is 1.13 bits per heavy atom. The monoisotopic (exact) mass is 320 g/mol. The van der Waals surface area contributed by atoms with Gasteiger partial charge in [0.15, 0.2) is 5.82 Å². The lowest BCUT2D eigenvalue weighted by atomic mass is 10.0. The number of hydrogen-bond acceptors (Lipinski definition) is 6. The Hall–Kier alpha value is -0.980. The van der Waals surface area contributed by atoms with Crippen LogP contribution in [0.3, 0.4) is 0 Å². The van der Waals surface area contributed by atoms with Gasteiger partial charge in [-0.3, -0.25) is 4.90 Å². The molecule has 1 aromatic heterocycles. The summed E-state index contributed by atoms with van der Waals surface area (Å²) in [5.74, 6) is 2.24. The Morgan fingerprint density at radius 3 is 2.91 bits per heavy atom. The van der Waals surface area contributed by atoms with Gasteiger partial charge >= 0.3 is 0 Å². The molecule has 0 aromatic carbocycles. The molecule has 6 heteroatoms. The van der Waals surface area contributed by atoms with Crippen molar-refractivity contribution in [1.82, 2.24) is 20.4 Å². The highest BCUT2D eigenvalue weighted by molar-refractivity contribution is 5.01. The molecule has 0 unspecified atom stereocenters. The zero-order chi connectivity index (χ0) is 15.5. The van der Waals surface area contributed by atoms with Gasteiger partial charge in [0.1, 0.15) is 0 Å². The van der Waals surface area contributed by atoms with E-state index in [0.29, 0.717) is 18.1 Å². The predicted molar refractivity (Wildman–Crippen MR) is 86.2 cm³/mol. The number of hydrogen-bond donors (Lipinski definition) is 1. The van der Waals surface area contributed by atoms with Gasteiger partial charge in [-0.25, -0.2) is 0 Å². The molecule has 6 nitrogen and oxygen atoms in total. The summed E-state index contributed by atoms with van der Waals surface area (Å²) < 4.78 is 11.2. The van der Waals surface area contributed by atoms with E-state index in [9.17, 15) is 0 Å². The minimum atomic E-state index is 0.414. The van der Waals surface area contributed by atoms with Crippen LogP contribution in [-0.2, 0) is 11.3 Å². The van der Waals surface area contributed by atoms with E-state index in [-0.39, 0.29) is 0 Å². The molecule has 0 bridgehead atoms. The van der Waals surface area contributed by atoms with Crippen molar-refractivity contribution in [3.8, 4) is 0 Å². The third kappa shape index (κ3) is 4.31. The molecule has 2 saturated heterocycles. The number of piperidine rings is 1. The zero-order valence-electron chi connectivity index (χ0n) is 13.9. The van der Waals surface area contributed by atoms with E-state index in [1.807, 2.05) is 0 Å². The standard InChI is InChI=1S/C17H28N4O2/c1-2-9-22-15(5-1)10-18-14-4-3-8-21(11-14)12-16-19-17(23-20-16)13-6-7-13/h13-15,18H,1-12H2/t14-,15-/m0/s1. The summed E-state index contributed by atoms with van der Waals surface area (Å²) in [6.45, 7) is 4.94. The third-order valence-corrected chi connectivity index (χ3v) is 5.19. The average Bonchev–Trinajstić information content (AvgIpc) is 3.34. The molecule has 4 rings (SSSR count). The van der Waals surface area contributed by atoms with E-state index < -0.39 is 0 Å². The van der Waals surface area contributed by atoms with Crippen LogP contribution in [0.2, 0.25) is 0 Å². The lowest BCUT2D eigenvalue weighted by Gasteiger charge is -2.33. The first kappa shape index (κ1) is 15.5. The molecule has 0 amide bonds. The van der Waals surface area contributed by atoms with Gasteiger partial charge in [-0.15, -0.1) is 0 Å². The minimum Gasteiger partial charge on any atom is -0.377 e. The molecule has 0 radical (unpaired) electrons. The highest BCUT2D eigenvalue weighted by Crippen LogP contribution is 2.38. The van der Waals surface area contributed by atoms with Crippen LogP contribution in [-0.4, -0.2) is 53.4 Å². The predicted octanol–water partition coefficient (Wildman–Crippen LogP) is 2.07. The van der Waals surface area contributed by atoms with Crippen LogP contribution < -0.4 is 5.32 Å². The van der Waals surface area contributed by atoms with Crippen molar-refractivity contribution >= 4 is 0 Å². The Labute approximate surface area is 137 Å². The number of ether oxygens (including phenoxy) is 1. The molecule has 3 fully saturated rings. The van der Waals surface area contributed by atoms with Gasteiger partial charge in [0.25, 0.3) is 0 Å². The van der Waals surface area contributed by atoms with Crippen LogP contribution >= 0.6 is 0 Å². The van der Waals surface area contributed by atoms with E-state index >= 15 is 0 Å². The van der Waals surface area contributed by atoms with Gasteiger partial charge in [0, 0.05) is 31.7 Å². The largest absolute Gasteiger partial charge is 0.377 e. The molecule has 23 heavy (non-hydrogen) atoms. The van der Waals surface area contributed by atoms with Gasteiger partial charge in [-0.2, -0.15) is 4.98 Å². The van der Waals surface area contributed by atoms with Gasteiger partial charge in [0.05, 0.1) is 12.6 Å². The minimum absolute atomic E-state index is 0.414. The topological polar surface area (TPSA) is 63.4 Å². The zero-order valence-corrected chi connectivity index (χ0v) is 13.9. The van der Waals surface area contributed by atoms with Crippen molar-refractivity contribution in [2.24, 2.45) is 0 Å². The molecule has 0 spiro atoms. The smallest absolute Gasteiger partial charge is 0.229 e. The summed E-state index contributed by atoms with van der Waals surface area (Å²) in [5.41, 5.74) is 0. The maximum absolute atomic E-state index is 5.81. The SMILES string of the molecule is C1CC[C@@H](CN[C@H]2CCCN(Cc3noc(C4CC4)n3)C2)OC1. The molecule has 1 saturated carbocycles. The van der Waals surface area contributed by atoms with Gasteiger partial charge in [0.2, 0.25) is 5.89 Å². The molecule has 1 N–H and O–H groups in total. The molecule has 2 aliphatic heterocycles. The van der Waals surface area contributed by atoms with Crippen molar-refractivity contribution in [2.45, 2.75) is 69.6 Å². The maximum Gasteiger partial charge on any atom is 0.229 e. The van der Waals surface area contributed by atoms with Crippen LogP contribution in [0.15, 0.2) is 4.52 Å². The number of nitrogens with one attached hydrogen (secondary N) is 1. The summed E-state index contributed by atoms with van der Waals surface area (Å²) in [4.78, 5) is 7.00. The second-order valence-electron chi connectivity index (χ2n) is 7.29. The molecule has 1 aromatic rings. The highest BCUT2D eigenvalue weighted by Gasteiger charge is 2.30. The maximum atomic E-state index is 5.81. The molecular weight excluding hydrogens is 292 g/mol. The summed E-state index contributed by atoms with van der Waals surface area (Å²) in [7, 11) is 0. The van der Waals surface area contributed by atoms with E-state index in [1.165, 1.54) is 44.9 Å². The van der Waals surface area contributed by atoms with Crippen LogP contribution in [0.4, 0.5) is 0 Å². The van der Waals surface area contributed by atoms with Crippen LogP contribution in [0.25, 0.3) is 0 Å². The van der Waals surface area contributed by atoms with E-state index in [0.717, 1.165) is 44.5 Å². The van der Waals surface area contributed by atoms with E-state index in [1.54, 1.807) is 0 Å². The number of nitrogens with zero attached hydrogens (tertiary/aromatic N) is 3. The van der Waals surface area contributed by atoms with Crippen molar-refractivity contribution in [3.05, 3.63) is 11.7 Å². The highest BCUT2D eigenvalue weighted by atomic mass is 16.5. The average molecular weight is 320 g/mol. The van der Waals surface area contributed by atoms with Crippen molar-refractivity contribution in [3.63, 3.8) is 0 Å².